The van der Waals surface area contributed by atoms with Crippen molar-refractivity contribution >= 4 is 34.8 Å². The van der Waals surface area contributed by atoms with Crippen molar-refractivity contribution in [2.75, 3.05) is 11.6 Å². The van der Waals surface area contributed by atoms with Crippen LogP contribution in [0.2, 0.25) is 0 Å². The molecule has 0 spiro atoms. The Balaban J connectivity index is 0.00000220. The van der Waals surface area contributed by atoms with Crippen molar-refractivity contribution in [1.29, 1.82) is 0 Å². The first-order valence-electron chi connectivity index (χ1n) is 6.91. The van der Waals surface area contributed by atoms with Gasteiger partial charge in [0.25, 0.3) is 0 Å². The highest BCUT2D eigenvalue weighted by atomic mass is 35.5. The fourth-order valence-electron chi connectivity index (χ4n) is 2.67. The molecule has 1 unspecified atom stereocenters. The lowest BCUT2D eigenvalue weighted by atomic mass is 9.97. The summed E-state index contributed by atoms with van der Waals surface area (Å²) in [5.41, 5.74) is 8.18. The van der Waals surface area contributed by atoms with Crippen LogP contribution < -0.4 is 11.1 Å². The van der Waals surface area contributed by atoms with Crippen LogP contribution in [0.4, 0.5) is 5.69 Å². The highest BCUT2D eigenvalue weighted by molar-refractivity contribution is 7.83. The monoisotopic (exact) mass is 330 g/mol. The van der Waals surface area contributed by atoms with Gasteiger partial charge in [-0.25, -0.2) is 0 Å². The van der Waals surface area contributed by atoms with Crippen LogP contribution in [-0.2, 0) is 21.3 Å². The molecule has 0 heterocycles. The number of nitrogens with two attached hydrogens (primary N) is 1. The van der Waals surface area contributed by atoms with Crippen LogP contribution >= 0.6 is 12.4 Å². The van der Waals surface area contributed by atoms with E-state index in [1.54, 1.807) is 6.26 Å². The molecule has 21 heavy (non-hydrogen) atoms. The normalized spacial score (nSPS) is 17.9. The first-order chi connectivity index (χ1) is 9.42. The fourth-order valence-corrected chi connectivity index (χ4v) is 3.42. The summed E-state index contributed by atoms with van der Waals surface area (Å²) in [6.45, 7) is 1.94. The molecule has 1 aromatic rings. The van der Waals surface area contributed by atoms with Gasteiger partial charge in [0.05, 0.1) is 5.54 Å². The maximum absolute atomic E-state index is 12.3. The number of halogens is 1. The van der Waals surface area contributed by atoms with Crippen molar-refractivity contribution in [2.45, 2.75) is 43.9 Å². The van der Waals surface area contributed by atoms with Gasteiger partial charge in [0.15, 0.2) is 0 Å². The summed E-state index contributed by atoms with van der Waals surface area (Å²) in [6, 6.07) is 5.69. The predicted octanol–water partition coefficient (Wildman–Crippen LogP) is 2.51. The van der Waals surface area contributed by atoms with Gasteiger partial charge < -0.3 is 11.1 Å². The molecule has 3 N–H and O–H groups in total. The van der Waals surface area contributed by atoms with E-state index in [0.717, 1.165) is 42.5 Å². The zero-order valence-corrected chi connectivity index (χ0v) is 14.1. The lowest BCUT2D eigenvalue weighted by Crippen LogP contribution is -2.48. The molecule has 1 atom stereocenters. The summed E-state index contributed by atoms with van der Waals surface area (Å²) >= 11 is 0. The van der Waals surface area contributed by atoms with E-state index in [9.17, 15) is 9.00 Å². The molecule has 2 rings (SSSR count). The van der Waals surface area contributed by atoms with E-state index in [0.29, 0.717) is 5.75 Å². The topological polar surface area (TPSA) is 72.2 Å². The molecule has 1 fully saturated rings. The van der Waals surface area contributed by atoms with Crippen LogP contribution in [0.3, 0.4) is 0 Å². The Bertz CT molecular complexity index is 542. The molecule has 0 aliphatic heterocycles. The number of carbonyl (C=O) groups excluding carboxylic acids is 1. The Morgan fingerprint density at radius 2 is 2.00 bits per heavy atom. The van der Waals surface area contributed by atoms with Gasteiger partial charge >= 0.3 is 0 Å². The van der Waals surface area contributed by atoms with Crippen LogP contribution in [0.5, 0.6) is 0 Å². The molecule has 1 aromatic carbocycles. The Morgan fingerprint density at radius 3 is 2.57 bits per heavy atom. The van der Waals surface area contributed by atoms with E-state index in [4.69, 9.17) is 5.73 Å². The molecule has 0 aromatic heterocycles. The van der Waals surface area contributed by atoms with E-state index < -0.39 is 16.3 Å². The van der Waals surface area contributed by atoms with E-state index in [1.165, 1.54) is 0 Å². The van der Waals surface area contributed by atoms with Gasteiger partial charge in [-0.05, 0) is 37.0 Å². The number of benzene rings is 1. The van der Waals surface area contributed by atoms with Crippen LogP contribution in [0, 0.1) is 6.92 Å². The SMILES string of the molecule is Cc1c(CS(C)=O)cccc1NC(=O)C1(N)CCCC1.Cl. The van der Waals surface area contributed by atoms with E-state index in [1.807, 2.05) is 25.1 Å². The van der Waals surface area contributed by atoms with Gasteiger partial charge in [0, 0.05) is 28.5 Å². The lowest BCUT2D eigenvalue weighted by molar-refractivity contribution is -0.121. The molecular formula is C15H23ClN2O2S. The molecule has 4 nitrogen and oxygen atoms in total. The second-order valence-corrected chi connectivity index (χ2v) is 7.06. The first kappa shape index (κ1) is 18.1. The van der Waals surface area contributed by atoms with Crippen molar-refractivity contribution in [3.05, 3.63) is 29.3 Å². The molecule has 1 aliphatic rings. The van der Waals surface area contributed by atoms with E-state index in [-0.39, 0.29) is 18.3 Å². The third-order valence-electron chi connectivity index (χ3n) is 4.00. The summed E-state index contributed by atoms with van der Waals surface area (Å²) in [7, 11) is -0.895. The molecule has 6 heteroatoms. The Morgan fingerprint density at radius 1 is 1.38 bits per heavy atom. The Labute approximate surface area is 134 Å². The summed E-state index contributed by atoms with van der Waals surface area (Å²) < 4.78 is 11.4. The minimum atomic E-state index is -0.895. The van der Waals surface area contributed by atoms with Gasteiger partial charge in [-0.1, -0.05) is 25.0 Å². The van der Waals surface area contributed by atoms with Crippen LogP contribution in [0.15, 0.2) is 18.2 Å². The zero-order valence-electron chi connectivity index (χ0n) is 12.5. The molecule has 0 radical (unpaired) electrons. The predicted molar refractivity (Wildman–Crippen MR) is 90.2 cm³/mol. The molecule has 0 bridgehead atoms. The van der Waals surface area contributed by atoms with Gasteiger partial charge in [-0.15, -0.1) is 12.4 Å². The van der Waals surface area contributed by atoms with Gasteiger partial charge in [0.2, 0.25) is 5.91 Å². The average molecular weight is 331 g/mol. The zero-order chi connectivity index (χ0) is 14.8. The number of carbonyl (C=O) groups is 1. The smallest absolute Gasteiger partial charge is 0.244 e. The maximum atomic E-state index is 12.3. The molecule has 0 saturated heterocycles. The maximum Gasteiger partial charge on any atom is 0.244 e. The quantitative estimate of drug-likeness (QED) is 0.891. The van der Waals surface area contributed by atoms with Crippen molar-refractivity contribution in [3.63, 3.8) is 0 Å². The van der Waals surface area contributed by atoms with E-state index >= 15 is 0 Å². The molecule has 1 saturated carbocycles. The first-order valence-corrected chi connectivity index (χ1v) is 8.64. The summed E-state index contributed by atoms with van der Waals surface area (Å²) in [5.74, 6) is 0.399. The highest BCUT2D eigenvalue weighted by Gasteiger charge is 2.37. The third-order valence-corrected chi connectivity index (χ3v) is 4.72. The van der Waals surface area contributed by atoms with Crippen molar-refractivity contribution in [2.24, 2.45) is 5.73 Å². The number of amides is 1. The average Bonchev–Trinajstić information content (AvgIpc) is 2.82. The highest BCUT2D eigenvalue weighted by Crippen LogP contribution is 2.29. The molecule has 1 aliphatic carbocycles. The van der Waals surface area contributed by atoms with Crippen LogP contribution in [0.1, 0.15) is 36.8 Å². The van der Waals surface area contributed by atoms with Gasteiger partial charge in [-0.3, -0.25) is 9.00 Å². The number of hydrogen-bond donors (Lipinski definition) is 2. The van der Waals surface area contributed by atoms with Crippen molar-refractivity contribution in [3.8, 4) is 0 Å². The number of nitrogens with one attached hydrogen (secondary N) is 1. The molecule has 1 amide bonds. The Kier molecular flexibility index (Phi) is 6.38. The number of anilines is 1. The number of hydrogen-bond acceptors (Lipinski definition) is 3. The number of rotatable bonds is 4. The second-order valence-electron chi connectivity index (χ2n) is 5.62. The lowest BCUT2D eigenvalue weighted by Gasteiger charge is -2.23. The standard InChI is InChI=1S/C15H22N2O2S.ClH/c1-11-12(10-20(2)19)6-5-7-13(11)17-14(18)15(16)8-3-4-9-15;/h5-7H,3-4,8-10,16H2,1-2H3,(H,17,18);1H. The fraction of sp³-hybridized carbons (Fsp3) is 0.533. The van der Waals surface area contributed by atoms with Gasteiger partial charge in [0.1, 0.15) is 0 Å². The Hall–Kier alpha value is -0.910. The summed E-state index contributed by atoms with van der Waals surface area (Å²) in [5, 5.41) is 2.94. The van der Waals surface area contributed by atoms with Crippen molar-refractivity contribution in [1.82, 2.24) is 0 Å². The van der Waals surface area contributed by atoms with Crippen LogP contribution in [0.25, 0.3) is 0 Å². The third kappa shape index (κ3) is 4.28. The van der Waals surface area contributed by atoms with Gasteiger partial charge in [-0.2, -0.15) is 0 Å². The van der Waals surface area contributed by atoms with Crippen LogP contribution in [-0.4, -0.2) is 21.9 Å². The molecular weight excluding hydrogens is 308 g/mol. The summed E-state index contributed by atoms with van der Waals surface area (Å²) in [6.07, 6.45) is 5.20. The summed E-state index contributed by atoms with van der Waals surface area (Å²) in [4.78, 5) is 12.3. The largest absolute Gasteiger partial charge is 0.324 e. The van der Waals surface area contributed by atoms with E-state index in [2.05, 4.69) is 5.32 Å². The minimum absolute atomic E-state index is 0. The second kappa shape index (κ2) is 7.38. The molecule has 118 valence electrons. The van der Waals surface area contributed by atoms with Crippen molar-refractivity contribution < 1.29 is 9.00 Å². The minimum Gasteiger partial charge on any atom is -0.324 e.